The molecule has 2 heterocycles. The number of amides is 3. The number of methoxy groups -OCH3 is 1. The van der Waals surface area contributed by atoms with Crippen molar-refractivity contribution in [2.45, 2.75) is 19.8 Å². The number of anilines is 1. The lowest BCUT2D eigenvalue weighted by Crippen LogP contribution is -2.42. The number of urea groups is 1. The third kappa shape index (κ3) is 8.59. The van der Waals surface area contributed by atoms with E-state index in [9.17, 15) is 14.4 Å². The number of thiophene rings is 1. The van der Waals surface area contributed by atoms with Crippen LogP contribution in [0.5, 0.6) is 0 Å². The lowest BCUT2D eigenvalue weighted by atomic mass is 10.3. The number of ether oxygens (including phenoxy) is 2. The second kappa shape index (κ2) is 12.1. The van der Waals surface area contributed by atoms with Crippen molar-refractivity contribution < 1.29 is 23.9 Å². The number of aryl methyl sites for hydroxylation is 1. The molecule has 0 saturated carbocycles. The number of hydrogen-bond acceptors (Lipinski definition) is 9. The van der Waals surface area contributed by atoms with E-state index in [0.717, 1.165) is 15.7 Å². The average molecular weight is 441 g/mol. The van der Waals surface area contributed by atoms with Gasteiger partial charge in [-0.2, -0.15) is 0 Å². The van der Waals surface area contributed by atoms with Crippen LogP contribution in [-0.2, 0) is 19.1 Å². The van der Waals surface area contributed by atoms with Crippen LogP contribution in [0.15, 0.2) is 17.5 Å². The van der Waals surface area contributed by atoms with Crippen LogP contribution < -0.4 is 16.0 Å². The molecule has 0 aliphatic heterocycles. The maximum Gasteiger partial charge on any atom is 0.321 e. The second-order valence-corrected chi connectivity index (χ2v) is 8.08. The largest absolute Gasteiger partial charge is 0.456 e. The highest BCUT2D eigenvalue weighted by Gasteiger charge is 2.11. The number of thiazole rings is 1. The molecule has 3 N–H and O–H groups in total. The molecular formula is C18H24N4O5S2. The zero-order valence-corrected chi connectivity index (χ0v) is 17.9. The number of imide groups is 1. The Hall–Kier alpha value is -2.50. The number of aromatic nitrogens is 1. The van der Waals surface area contributed by atoms with E-state index in [0.29, 0.717) is 19.6 Å². The van der Waals surface area contributed by atoms with Gasteiger partial charge in [0.1, 0.15) is 0 Å². The van der Waals surface area contributed by atoms with Crippen molar-refractivity contribution in [2.75, 3.05) is 38.7 Å². The summed E-state index contributed by atoms with van der Waals surface area (Å²) in [5.74, 6) is -1.19. The summed E-state index contributed by atoms with van der Waals surface area (Å²) in [6.07, 6.45) is 0.688. The summed E-state index contributed by atoms with van der Waals surface area (Å²) in [5.41, 5.74) is 0.937. The molecule has 0 aromatic carbocycles. The van der Waals surface area contributed by atoms with E-state index in [4.69, 9.17) is 9.47 Å². The molecule has 0 radical (unpaired) electrons. The van der Waals surface area contributed by atoms with Gasteiger partial charge in [-0.3, -0.25) is 14.9 Å². The average Bonchev–Trinajstić information content (AvgIpc) is 3.32. The summed E-state index contributed by atoms with van der Waals surface area (Å²) >= 11 is 3.20. The predicted molar refractivity (Wildman–Crippen MR) is 112 cm³/mol. The summed E-state index contributed by atoms with van der Waals surface area (Å²) in [5, 5.41) is 10.4. The van der Waals surface area contributed by atoms with Crippen LogP contribution in [-0.4, -0.2) is 56.3 Å². The maximum atomic E-state index is 11.7. The topological polar surface area (TPSA) is 119 Å². The van der Waals surface area contributed by atoms with Crippen LogP contribution in [0.2, 0.25) is 0 Å². The Labute approximate surface area is 176 Å². The van der Waals surface area contributed by atoms with E-state index in [2.05, 4.69) is 33.9 Å². The molecule has 0 spiro atoms. The molecule has 0 unspecified atom stereocenters. The molecule has 2 aromatic heterocycles. The van der Waals surface area contributed by atoms with E-state index in [1.54, 1.807) is 11.3 Å². The third-order valence-corrected chi connectivity index (χ3v) is 5.36. The first kappa shape index (κ1) is 22.8. The molecule has 0 saturated heterocycles. The lowest BCUT2D eigenvalue weighted by Gasteiger charge is -2.07. The Bertz CT molecular complexity index is 821. The van der Waals surface area contributed by atoms with Crippen molar-refractivity contribution in [3.63, 3.8) is 0 Å². The number of esters is 1. The van der Waals surface area contributed by atoms with Crippen LogP contribution in [0.25, 0.3) is 10.6 Å². The Balaban J connectivity index is 1.57. The molecule has 9 nitrogen and oxygen atoms in total. The van der Waals surface area contributed by atoms with E-state index in [1.165, 1.54) is 23.3 Å². The van der Waals surface area contributed by atoms with Crippen molar-refractivity contribution in [2.24, 2.45) is 0 Å². The predicted octanol–water partition coefficient (Wildman–Crippen LogP) is 2.39. The minimum atomic E-state index is -0.689. The fraction of sp³-hybridized carbons (Fsp3) is 0.444. The standard InChI is InChI=1S/C18H24N4O5S2/c1-12-5-6-14(29-12)13-11-28-18(21-13)20-7-3-4-16(24)27-10-15(23)22-17(25)19-8-9-26-2/h5-6,11H,3-4,7-10H2,1-2H3,(H,20,21)(H2,19,22,23,25). The fourth-order valence-electron chi connectivity index (χ4n) is 2.16. The molecule has 29 heavy (non-hydrogen) atoms. The molecule has 158 valence electrons. The summed E-state index contributed by atoms with van der Waals surface area (Å²) in [4.78, 5) is 41.5. The first-order valence-corrected chi connectivity index (χ1v) is 10.7. The van der Waals surface area contributed by atoms with Crippen molar-refractivity contribution in [1.29, 1.82) is 0 Å². The molecule has 0 aliphatic carbocycles. The monoisotopic (exact) mass is 440 g/mol. The van der Waals surface area contributed by atoms with Gasteiger partial charge in [0.15, 0.2) is 11.7 Å². The van der Waals surface area contributed by atoms with E-state index < -0.39 is 24.5 Å². The highest BCUT2D eigenvalue weighted by Crippen LogP contribution is 2.30. The summed E-state index contributed by atoms with van der Waals surface area (Å²) in [6.45, 7) is 2.72. The molecule has 0 atom stereocenters. The fourth-order valence-corrected chi connectivity index (χ4v) is 3.80. The van der Waals surface area contributed by atoms with Crippen LogP contribution in [0.1, 0.15) is 17.7 Å². The van der Waals surface area contributed by atoms with Gasteiger partial charge in [0, 0.05) is 36.9 Å². The Morgan fingerprint density at radius 3 is 2.76 bits per heavy atom. The Morgan fingerprint density at radius 1 is 1.21 bits per heavy atom. The lowest BCUT2D eigenvalue weighted by molar-refractivity contribution is -0.148. The number of nitrogens with one attached hydrogen (secondary N) is 3. The van der Waals surface area contributed by atoms with Gasteiger partial charge in [0.05, 0.1) is 17.2 Å². The van der Waals surface area contributed by atoms with Gasteiger partial charge >= 0.3 is 12.0 Å². The first-order chi connectivity index (χ1) is 14.0. The normalized spacial score (nSPS) is 10.4. The number of carbonyl (C=O) groups excluding carboxylic acids is 3. The maximum absolute atomic E-state index is 11.7. The van der Waals surface area contributed by atoms with E-state index in [1.807, 2.05) is 11.4 Å². The van der Waals surface area contributed by atoms with Crippen LogP contribution in [0.3, 0.4) is 0 Å². The quantitative estimate of drug-likeness (QED) is 0.363. The van der Waals surface area contributed by atoms with Gasteiger partial charge in [-0.25, -0.2) is 9.78 Å². The molecule has 2 aromatic rings. The van der Waals surface area contributed by atoms with E-state index in [-0.39, 0.29) is 13.0 Å². The van der Waals surface area contributed by atoms with Gasteiger partial charge in [-0.05, 0) is 25.5 Å². The van der Waals surface area contributed by atoms with Gasteiger partial charge in [-0.1, -0.05) is 0 Å². The molecule has 0 fully saturated rings. The van der Waals surface area contributed by atoms with Gasteiger partial charge in [0.25, 0.3) is 5.91 Å². The smallest absolute Gasteiger partial charge is 0.321 e. The highest BCUT2D eigenvalue weighted by atomic mass is 32.1. The zero-order valence-electron chi connectivity index (χ0n) is 16.3. The van der Waals surface area contributed by atoms with Crippen molar-refractivity contribution in [3.05, 3.63) is 22.4 Å². The van der Waals surface area contributed by atoms with Crippen LogP contribution >= 0.6 is 22.7 Å². The Kier molecular flexibility index (Phi) is 9.54. The second-order valence-electron chi connectivity index (χ2n) is 5.94. The molecule has 0 bridgehead atoms. The summed E-state index contributed by atoms with van der Waals surface area (Å²) in [7, 11) is 1.50. The van der Waals surface area contributed by atoms with Gasteiger partial charge < -0.3 is 20.1 Å². The molecule has 0 aliphatic rings. The number of carbonyl (C=O) groups is 3. The molecule has 11 heteroatoms. The number of hydrogen-bond donors (Lipinski definition) is 3. The van der Waals surface area contributed by atoms with Crippen LogP contribution in [0.4, 0.5) is 9.93 Å². The van der Waals surface area contributed by atoms with Crippen LogP contribution in [0, 0.1) is 6.92 Å². The van der Waals surface area contributed by atoms with Crippen molar-refractivity contribution in [1.82, 2.24) is 15.6 Å². The highest BCUT2D eigenvalue weighted by molar-refractivity contribution is 7.16. The Morgan fingerprint density at radius 2 is 2.03 bits per heavy atom. The van der Waals surface area contributed by atoms with E-state index >= 15 is 0 Å². The SMILES string of the molecule is COCCNC(=O)NC(=O)COC(=O)CCCNc1nc(-c2ccc(C)s2)cs1. The summed E-state index contributed by atoms with van der Waals surface area (Å²) in [6, 6.07) is 3.45. The third-order valence-electron chi connectivity index (χ3n) is 3.54. The zero-order chi connectivity index (χ0) is 21.1. The molecular weight excluding hydrogens is 416 g/mol. The van der Waals surface area contributed by atoms with Gasteiger partial charge in [0.2, 0.25) is 0 Å². The van der Waals surface area contributed by atoms with Crippen molar-refractivity contribution in [3.8, 4) is 10.6 Å². The minimum Gasteiger partial charge on any atom is -0.456 e. The first-order valence-electron chi connectivity index (χ1n) is 8.96. The van der Waals surface area contributed by atoms with Crippen molar-refractivity contribution >= 4 is 45.7 Å². The minimum absolute atomic E-state index is 0.155. The number of rotatable bonds is 11. The molecule has 3 amide bonds. The molecule has 2 rings (SSSR count). The summed E-state index contributed by atoms with van der Waals surface area (Å²) < 4.78 is 9.62. The van der Waals surface area contributed by atoms with Gasteiger partial charge in [-0.15, -0.1) is 22.7 Å². The number of nitrogens with zero attached hydrogens (tertiary/aromatic N) is 1.